The number of hydrogen-bond acceptors (Lipinski definition) is 3. The number of carbonyl (C=O) groups excluding carboxylic acids is 1. The van der Waals surface area contributed by atoms with E-state index in [1.54, 1.807) is 0 Å². The maximum absolute atomic E-state index is 11.6. The van der Waals surface area contributed by atoms with Gasteiger partial charge in [0.05, 0.1) is 13.2 Å². The molecule has 1 aromatic rings. The quantitative estimate of drug-likeness (QED) is 0.754. The van der Waals surface area contributed by atoms with Crippen molar-refractivity contribution in [2.24, 2.45) is 5.73 Å². The van der Waals surface area contributed by atoms with Gasteiger partial charge in [0.1, 0.15) is 0 Å². The van der Waals surface area contributed by atoms with Crippen molar-refractivity contribution in [3.05, 3.63) is 35.4 Å². The van der Waals surface area contributed by atoms with Gasteiger partial charge in [-0.15, -0.1) is 0 Å². The van der Waals surface area contributed by atoms with E-state index in [1.165, 1.54) is 5.56 Å². The molecule has 1 aliphatic rings. The lowest BCUT2D eigenvalue weighted by molar-refractivity contribution is 0.00839. The first-order chi connectivity index (χ1) is 7.31. The molecule has 0 spiro atoms. The number of hydrogen-bond donors (Lipinski definition) is 1. The first kappa shape index (κ1) is 10.3. The minimum absolute atomic E-state index is 0.125. The maximum Gasteiger partial charge on any atom is 0.164 e. The van der Waals surface area contributed by atoms with Crippen LogP contribution in [0.4, 0.5) is 0 Å². The van der Waals surface area contributed by atoms with Gasteiger partial charge >= 0.3 is 0 Å². The van der Waals surface area contributed by atoms with Crippen LogP contribution in [-0.2, 0) is 4.74 Å². The highest BCUT2D eigenvalue weighted by molar-refractivity contribution is 5.96. The van der Waals surface area contributed by atoms with E-state index >= 15 is 0 Å². The molecule has 3 nitrogen and oxygen atoms in total. The minimum Gasteiger partial charge on any atom is -0.380 e. The van der Waals surface area contributed by atoms with Gasteiger partial charge in [-0.1, -0.05) is 18.2 Å². The molecule has 0 bridgehead atoms. The van der Waals surface area contributed by atoms with E-state index in [-0.39, 0.29) is 5.78 Å². The Hall–Kier alpha value is -1.19. The Morgan fingerprint density at radius 2 is 2.27 bits per heavy atom. The number of rotatable bonds is 4. The molecule has 0 atom stereocenters. The molecule has 1 heterocycles. The summed E-state index contributed by atoms with van der Waals surface area (Å²) in [5.41, 5.74) is 7.33. The van der Waals surface area contributed by atoms with Crippen LogP contribution in [0.15, 0.2) is 24.3 Å². The van der Waals surface area contributed by atoms with Gasteiger partial charge in [-0.25, -0.2) is 0 Å². The van der Waals surface area contributed by atoms with E-state index in [2.05, 4.69) is 0 Å². The van der Waals surface area contributed by atoms with E-state index in [0.29, 0.717) is 18.9 Å². The van der Waals surface area contributed by atoms with Gasteiger partial charge in [0.25, 0.3) is 0 Å². The van der Waals surface area contributed by atoms with Crippen molar-refractivity contribution in [1.82, 2.24) is 0 Å². The van der Waals surface area contributed by atoms with Gasteiger partial charge in [0, 0.05) is 17.9 Å². The molecule has 1 aromatic carbocycles. The molecular weight excluding hydrogens is 190 g/mol. The van der Waals surface area contributed by atoms with Crippen LogP contribution < -0.4 is 5.73 Å². The van der Waals surface area contributed by atoms with Gasteiger partial charge < -0.3 is 10.5 Å². The number of Topliss-reactive ketones (excluding diaryl/α,β-unsaturated/α-hetero) is 1. The Labute approximate surface area is 89.2 Å². The summed E-state index contributed by atoms with van der Waals surface area (Å²) >= 11 is 0. The number of nitrogens with two attached hydrogens (primary N) is 1. The third kappa shape index (κ3) is 2.25. The topological polar surface area (TPSA) is 52.3 Å². The smallest absolute Gasteiger partial charge is 0.164 e. The number of benzene rings is 1. The fourth-order valence-corrected chi connectivity index (χ4v) is 1.67. The van der Waals surface area contributed by atoms with Crippen LogP contribution >= 0.6 is 0 Å². The molecule has 0 aliphatic carbocycles. The highest BCUT2D eigenvalue weighted by Gasteiger charge is 2.20. The second-order valence-electron chi connectivity index (χ2n) is 3.82. The zero-order valence-electron chi connectivity index (χ0n) is 8.61. The molecule has 0 amide bonds. The molecule has 0 unspecified atom stereocenters. The average Bonchev–Trinajstić information content (AvgIpc) is 2.16. The molecule has 1 fully saturated rings. The lowest BCUT2D eigenvalue weighted by Gasteiger charge is -2.26. The van der Waals surface area contributed by atoms with Gasteiger partial charge in [-0.05, 0) is 18.2 Å². The Balaban J connectivity index is 2.14. The lowest BCUT2D eigenvalue weighted by atomic mass is 9.94. The first-order valence-electron chi connectivity index (χ1n) is 5.22. The third-order valence-corrected chi connectivity index (χ3v) is 2.69. The molecule has 1 aliphatic heterocycles. The van der Waals surface area contributed by atoms with Crippen molar-refractivity contribution in [2.45, 2.75) is 12.3 Å². The van der Waals surface area contributed by atoms with E-state index < -0.39 is 0 Å². The number of ether oxygens (including phenoxy) is 1. The Kier molecular flexibility index (Phi) is 3.14. The second kappa shape index (κ2) is 4.55. The van der Waals surface area contributed by atoms with Crippen LogP contribution in [0.3, 0.4) is 0 Å². The highest BCUT2D eigenvalue weighted by atomic mass is 16.5. The molecule has 80 valence electrons. The summed E-state index contributed by atoms with van der Waals surface area (Å²) in [6.45, 7) is 1.96. The van der Waals surface area contributed by atoms with Crippen molar-refractivity contribution in [2.75, 3.05) is 19.8 Å². The van der Waals surface area contributed by atoms with Gasteiger partial charge in [-0.3, -0.25) is 4.79 Å². The minimum atomic E-state index is 0.125. The Morgan fingerprint density at radius 1 is 1.47 bits per heavy atom. The van der Waals surface area contributed by atoms with E-state index in [0.717, 1.165) is 18.8 Å². The number of ketones is 1. The van der Waals surface area contributed by atoms with Crippen LogP contribution in [0, 0.1) is 0 Å². The predicted molar refractivity (Wildman–Crippen MR) is 58.0 cm³/mol. The Morgan fingerprint density at radius 3 is 2.87 bits per heavy atom. The predicted octanol–water partition coefficient (Wildman–Crippen LogP) is 1.33. The molecular formula is C12H15NO2. The van der Waals surface area contributed by atoms with Crippen molar-refractivity contribution in [3.8, 4) is 0 Å². The van der Waals surface area contributed by atoms with E-state index in [9.17, 15) is 4.79 Å². The average molecular weight is 205 g/mol. The van der Waals surface area contributed by atoms with Gasteiger partial charge in [-0.2, -0.15) is 0 Å². The number of carbonyl (C=O) groups is 1. The summed E-state index contributed by atoms with van der Waals surface area (Å²) in [5, 5.41) is 0. The van der Waals surface area contributed by atoms with Crippen molar-refractivity contribution in [3.63, 3.8) is 0 Å². The summed E-state index contributed by atoms with van der Waals surface area (Å²) in [7, 11) is 0. The van der Waals surface area contributed by atoms with Crippen molar-refractivity contribution >= 4 is 5.78 Å². The molecule has 3 heteroatoms. The van der Waals surface area contributed by atoms with Crippen LogP contribution in [0.25, 0.3) is 0 Å². The van der Waals surface area contributed by atoms with Crippen molar-refractivity contribution < 1.29 is 9.53 Å². The summed E-state index contributed by atoms with van der Waals surface area (Å²) in [4.78, 5) is 11.6. The summed E-state index contributed by atoms with van der Waals surface area (Å²) in [5.74, 6) is 0.593. The summed E-state index contributed by atoms with van der Waals surface area (Å²) in [6, 6.07) is 7.79. The van der Waals surface area contributed by atoms with E-state index in [4.69, 9.17) is 10.5 Å². The van der Waals surface area contributed by atoms with E-state index in [1.807, 2.05) is 24.3 Å². The molecule has 0 radical (unpaired) electrons. The first-order valence-corrected chi connectivity index (χ1v) is 5.22. The van der Waals surface area contributed by atoms with Crippen LogP contribution in [0.5, 0.6) is 0 Å². The molecule has 0 saturated carbocycles. The SMILES string of the molecule is NCCC(=O)c1cccc(C2COC2)c1. The van der Waals surface area contributed by atoms with Crippen molar-refractivity contribution in [1.29, 1.82) is 0 Å². The van der Waals surface area contributed by atoms with Gasteiger partial charge in [0.2, 0.25) is 0 Å². The molecule has 2 rings (SSSR count). The molecule has 15 heavy (non-hydrogen) atoms. The molecule has 0 aromatic heterocycles. The summed E-state index contributed by atoms with van der Waals surface area (Å²) < 4.78 is 5.13. The van der Waals surface area contributed by atoms with Crippen LogP contribution in [0.1, 0.15) is 28.3 Å². The van der Waals surface area contributed by atoms with Crippen LogP contribution in [0.2, 0.25) is 0 Å². The normalized spacial score (nSPS) is 16.1. The largest absolute Gasteiger partial charge is 0.380 e. The lowest BCUT2D eigenvalue weighted by Crippen LogP contribution is -2.25. The summed E-state index contributed by atoms with van der Waals surface area (Å²) in [6.07, 6.45) is 0.421. The third-order valence-electron chi connectivity index (χ3n) is 2.69. The van der Waals surface area contributed by atoms with Gasteiger partial charge in [0.15, 0.2) is 5.78 Å². The zero-order valence-corrected chi connectivity index (χ0v) is 8.61. The fraction of sp³-hybridized carbons (Fsp3) is 0.417. The molecule has 2 N–H and O–H groups in total. The fourth-order valence-electron chi connectivity index (χ4n) is 1.67. The highest BCUT2D eigenvalue weighted by Crippen LogP contribution is 2.24. The standard InChI is InChI=1S/C12H15NO2/c13-5-4-12(14)10-3-1-2-9(6-10)11-7-15-8-11/h1-3,6,11H,4-5,7-8,13H2. The zero-order chi connectivity index (χ0) is 10.7. The molecule has 1 saturated heterocycles. The monoisotopic (exact) mass is 205 g/mol. The van der Waals surface area contributed by atoms with Crippen LogP contribution in [-0.4, -0.2) is 25.5 Å². The maximum atomic E-state index is 11.6. The second-order valence-corrected chi connectivity index (χ2v) is 3.82. The Bertz CT molecular complexity index is 358.